The van der Waals surface area contributed by atoms with E-state index >= 15 is 0 Å². The van der Waals surface area contributed by atoms with Gasteiger partial charge in [0.1, 0.15) is 11.5 Å². The summed E-state index contributed by atoms with van der Waals surface area (Å²) in [5.41, 5.74) is 2.27. The molecule has 110 valence electrons. The summed E-state index contributed by atoms with van der Waals surface area (Å²) >= 11 is 0. The van der Waals surface area contributed by atoms with Crippen molar-refractivity contribution < 1.29 is 8.83 Å². The molecule has 0 aromatic carbocycles. The first kappa shape index (κ1) is 14.9. The van der Waals surface area contributed by atoms with Crippen LogP contribution in [-0.4, -0.2) is 17.1 Å². The second kappa shape index (κ2) is 5.44. The average molecular weight is 276 g/mol. The topological polar surface area (TPSA) is 51.2 Å². The van der Waals surface area contributed by atoms with Gasteiger partial charge < -0.3 is 14.2 Å². The molecule has 0 unspecified atom stereocenters. The molecular formula is C16H24N2O2. The summed E-state index contributed by atoms with van der Waals surface area (Å²) in [6.07, 6.45) is 2.57. The van der Waals surface area contributed by atoms with E-state index < -0.39 is 0 Å². The van der Waals surface area contributed by atoms with Gasteiger partial charge in [-0.1, -0.05) is 0 Å². The van der Waals surface area contributed by atoms with E-state index in [9.17, 15) is 0 Å². The minimum absolute atomic E-state index is 0.115. The second-order valence-corrected chi connectivity index (χ2v) is 6.26. The molecule has 1 N–H and O–H groups in total. The van der Waals surface area contributed by atoms with Crippen molar-refractivity contribution in [2.45, 2.75) is 53.5 Å². The Kier molecular flexibility index (Phi) is 4.04. The third-order valence-corrected chi connectivity index (χ3v) is 3.36. The molecule has 0 amide bonds. The Balaban J connectivity index is 2.09. The summed E-state index contributed by atoms with van der Waals surface area (Å²) in [7, 11) is 0. The van der Waals surface area contributed by atoms with Gasteiger partial charge in [-0.3, -0.25) is 0 Å². The molecule has 4 heteroatoms. The standard InChI is InChI=1S/C16H24N2O2/c1-10-11(2)19-12(3)15(10)13-9-17-14(20-13)7-8-18-16(4,5)6/h9,18H,7-8H2,1-6H3. The fourth-order valence-electron chi connectivity index (χ4n) is 2.24. The zero-order valence-corrected chi connectivity index (χ0v) is 13.3. The largest absolute Gasteiger partial charge is 0.466 e. The summed E-state index contributed by atoms with van der Waals surface area (Å²) in [4.78, 5) is 4.36. The van der Waals surface area contributed by atoms with E-state index in [1.165, 1.54) is 0 Å². The fourth-order valence-corrected chi connectivity index (χ4v) is 2.24. The highest BCUT2D eigenvalue weighted by atomic mass is 16.4. The van der Waals surface area contributed by atoms with Crippen molar-refractivity contribution in [3.63, 3.8) is 0 Å². The molecular weight excluding hydrogens is 252 g/mol. The summed E-state index contributed by atoms with van der Waals surface area (Å²) in [5.74, 6) is 3.37. The number of hydrogen-bond donors (Lipinski definition) is 1. The summed E-state index contributed by atoms with van der Waals surface area (Å²) in [6, 6.07) is 0. The number of aromatic nitrogens is 1. The lowest BCUT2D eigenvalue weighted by atomic mass is 10.1. The van der Waals surface area contributed by atoms with Crippen LogP contribution in [0.3, 0.4) is 0 Å². The molecule has 0 atom stereocenters. The van der Waals surface area contributed by atoms with Crippen LogP contribution in [-0.2, 0) is 6.42 Å². The van der Waals surface area contributed by atoms with Crippen molar-refractivity contribution in [2.24, 2.45) is 0 Å². The minimum Gasteiger partial charge on any atom is -0.466 e. The first-order valence-corrected chi connectivity index (χ1v) is 7.04. The lowest BCUT2D eigenvalue weighted by Crippen LogP contribution is -2.37. The van der Waals surface area contributed by atoms with E-state index in [1.807, 2.05) is 20.8 Å². The molecule has 2 aromatic heterocycles. The van der Waals surface area contributed by atoms with Crippen LogP contribution in [0.25, 0.3) is 11.3 Å². The molecule has 0 aliphatic carbocycles. The van der Waals surface area contributed by atoms with Crippen LogP contribution in [0.15, 0.2) is 15.0 Å². The summed E-state index contributed by atoms with van der Waals surface area (Å²) in [6.45, 7) is 13.3. The number of nitrogens with zero attached hydrogens (tertiary/aromatic N) is 1. The van der Waals surface area contributed by atoms with Crippen molar-refractivity contribution in [1.29, 1.82) is 0 Å². The van der Waals surface area contributed by atoms with Gasteiger partial charge in [-0.15, -0.1) is 0 Å². The number of furan rings is 1. The first-order valence-electron chi connectivity index (χ1n) is 7.04. The van der Waals surface area contributed by atoms with Crippen LogP contribution in [0.4, 0.5) is 0 Å². The maximum atomic E-state index is 5.85. The smallest absolute Gasteiger partial charge is 0.196 e. The van der Waals surface area contributed by atoms with E-state index in [4.69, 9.17) is 8.83 Å². The molecule has 2 aromatic rings. The number of rotatable bonds is 4. The number of oxazole rings is 1. The van der Waals surface area contributed by atoms with Crippen LogP contribution < -0.4 is 5.32 Å². The average Bonchev–Trinajstić information content (AvgIpc) is 2.84. The Morgan fingerprint density at radius 1 is 1.10 bits per heavy atom. The van der Waals surface area contributed by atoms with Crippen LogP contribution in [0.5, 0.6) is 0 Å². The Morgan fingerprint density at radius 2 is 1.80 bits per heavy atom. The Morgan fingerprint density at radius 3 is 2.35 bits per heavy atom. The van der Waals surface area contributed by atoms with E-state index in [-0.39, 0.29) is 5.54 Å². The van der Waals surface area contributed by atoms with Gasteiger partial charge >= 0.3 is 0 Å². The van der Waals surface area contributed by atoms with Gasteiger partial charge in [0.2, 0.25) is 0 Å². The third kappa shape index (κ3) is 3.31. The number of hydrogen-bond acceptors (Lipinski definition) is 4. The molecule has 0 aliphatic heterocycles. The highest BCUT2D eigenvalue weighted by molar-refractivity contribution is 5.64. The van der Waals surface area contributed by atoms with E-state index in [0.29, 0.717) is 0 Å². The van der Waals surface area contributed by atoms with E-state index in [2.05, 4.69) is 31.1 Å². The van der Waals surface area contributed by atoms with Gasteiger partial charge in [0, 0.05) is 24.1 Å². The third-order valence-electron chi connectivity index (χ3n) is 3.36. The molecule has 0 radical (unpaired) electrons. The first-order chi connectivity index (χ1) is 9.28. The molecule has 0 saturated carbocycles. The normalized spacial score (nSPS) is 12.1. The molecule has 0 aliphatic rings. The zero-order chi connectivity index (χ0) is 14.9. The second-order valence-electron chi connectivity index (χ2n) is 6.26. The lowest BCUT2D eigenvalue weighted by Gasteiger charge is -2.19. The summed E-state index contributed by atoms with van der Waals surface area (Å²) in [5, 5.41) is 3.43. The number of aryl methyl sites for hydroxylation is 2. The predicted octanol–water partition coefficient (Wildman–Crippen LogP) is 3.79. The maximum absolute atomic E-state index is 5.85. The van der Waals surface area contributed by atoms with Crippen molar-refractivity contribution in [1.82, 2.24) is 10.3 Å². The molecule has 0 bridgehead atoms. The molecule has 2 rings (SSSR count). The van der Waals surface area contributed by atoms with E-state index in [0.717, 1.165) is 47.3 Å². The number of nitrogens with one attached hydrogen (secondary N) is 1. The Labute approximate surface area is 120 Å². The Hall–Kier alpha value is -1.55. The van der Waals surface area contributed by atoms with Gasteiger partial charge in [0.15, 0.2) is 11.7 Å². The molecule has 0 fully saturated rings. The fraction of sp³-hybridized carbons (Fsp3) is 0.562. The SMILES string of the molecule is Cc1oc(C)c(-c2cnc(CCNC(C)(C)C)o2)c1C. The molecule has 20 heavy (non-hydrogen) atoms. The summed E-state index contributed by atoms with van der Waals surface area (Å²) < 4.78 is 11.5. The monoisotopic (exact) mass is 276 g/mol. The molecule has 0 spiro atoms. The van der Waals surface area contributed by atoms with Gasteiger partial charge in [-0.2, -0.15) is 0 Å². The lowest BCUT2D eigenvalue weighted by molar-refractivity contribution is 0.411. The van der Waals surface area contributed by atoms with Crippen LogP contribution in [0.2, 0.25) is 0 Å². The van der Waals surface area contributed by atoms with Crippen molar-refractivity contribution in [3.05, 3.63) is 29.2 Å². The van der Waals surface area contributed by atoms with E-state index in [1.54, 1.807) is 6.20 Å². The predicted molar refractivity (Wildman–Crippen MR) is 79.9 cm³/mol. The Bertz CT molecular complexity index is 588. The quantitative estimate of drug-likeness (QED) is 0.923. The van der Waals surface area contributed by atoms with Crippen molar-refractivity contribution in [2.75, 3.05) is 6.54 Å². The van der Waals surface area contributed by atoms with Crippen LogP contribution in [0.1, 0.15) is 43.7 Å². The van der Waals surface area contributed by atoms with Gasteiger partial charge in [0.05, 0.1) is 11.8 Å². The van der Waals surface area contributed by atoms with Gasteiger partial charge in [-0.05, 0) is 41.5 Å². The van der Waals surface area contributed by atoms with Crippen LogP contribution in [0, 0.1) is 20.8 Å². The zero-order valence-electron chi connectivity index (χ0n) is 13.3. The van der Waals surface area contributed by atoms with Crippen molar-refractivity contribution in [3.8, 4) is 11.3 Å². The van der Waals surface area contributed by atoms with Crippen LogP contribution >= 0.6 is 0 Å². The van der Waals surface area contributed by atoms with Gasteiger partial charge in [0.25, 0.3) is 0 Å². The highest BCUT2D eigenvalue weighted by Gasteiger charge is 2.17. The maximum Gasteiger partial charge on any atom is 0.196 e. The van der Waals surface area contributed by atoms with Crippen molar-refractivity contribution >= 4 is 0 Å². The van der Waals surface area contributed by atoms with Gasteiger partial charge in [-0.25, -0.2) is 4.98 Å². The molecule has 4 nitrogen and oxygen atoms in total. The minimum atomic E-state index is 0.115. The highest BCUT2D eigenvalue weighted by Crippen LogP contribution is 2.31. The molecule has 0 saturated heterocycles. The molecule has 2 heterocycles.